The van der Waals surface area contributed by atoms with Crippen molar-refractivity contribution < 1.29 is 9.53 Å². The maximum absolute atomic E-state index is 12.7. The van der Waals surface area contributed by atoms with Crippen LogP contribution in [0.3, 0.4) is 0 Å². The second-order valence-corrected chi connectivity index (χ2v) is 10.3. The molecule has 0 saturated carbocycles. The molecule has 3 rings (SSSR count). The summed E-state index contributed by atoms with van der Waals surface area (Å²) < 4.78 is 5.24. The Balaban J connectivity index is 1.48. The van der Waals surface area contributed by atoms with E-state index in [2.05, 4.69) is 74.6 Å². The zero-order valence-corrected chi connectivity index (χ0v) is 22.7. The Hall–Kier alpha value is -3.80. The maximum atomic E-state index is 12.7. The van der Waals surface area contributed by atoms with E-state index in [1.807, 2.05) is 25.1 Å². The van der Waals surface area contributed by atoms with E-state index in [4.69, 9.17) is 15.9 Å². The number of hydrogen-bond donors (Lipinski definition) is 3. The number of hydrogen-bond acceptors (Lipinski definition) is 4. The van der Waals surface area contributed by atoms with E-state index in [1.165, 1.54) is 16.0 Å². The minimum Gasteiger partial charge on any atom is -0.495 e. The van der Waals surface area contributed by atoms with E-state index in [1.54, 1.807) is 7.11 Å². The molecule has 0 spiro atoms. The van der Waals surface area contributed by atoms with Gasteiger partial charge in [0.05, 0.1) is 12.8 Å². The zero-order valence-electron chi connectivity index (χ0n) is 22.7. The quantitative estimate of drug-likeness (QED) is 0.172. The first-order chi connectivity index (χ1) is 17.6. The first kappa shape index (κ1) is 27.8. The summed E-state index contributed by atoms with van der Waals surface area (Å²) in [4.78, 5) is 14.3. The minimum absolute atomic E-state index is 0.100. The van der Waals surface area contributed by atoms with Gasteiger partial charge in [0, 0.05) is 19.5 Å². The van der Waals surface area contributed by atoms with Crippen molar-refractivity contribution >= 4 is 17.6 Å². The predicted molar refractivity (Wildman–Crippen MR) is 153 cm³/mol. The average molecular weight is 501 g/mol. The van der Waals surface area contributed by atoms with Gasteiger partial charge in [-0.3, -0.25) is 10.3 Å². The van der Waals surface area contributed by atoms with Crippen LogP contribution in [0.15, 0.2) is 66.7 Å². The number of amides is 2. The monoisotopic (exact) mass is 500 g/mol. The van der Waals surface area contributed by atoms with E-state index in [0.29, 0.717) is 36.8 Å². The number of nitrogens with one attached hydrogen (secondary N) is 2. The van der Waals surface area contributed by atoms with E-state index >= 15 is 0 Å². The lowest BCUT2D eigenvalue weighted by molar-refractivity contribution is 0.221. The summed E-state index contributed by atoms with van der Waals surface area (Å²) in [5.74, 6) is 1.01. The number of carbonyl (C=O) groups is 1. The summed E-state index contributed by atoms with van der Waals surface area (Å²) in [7, 11) is 1.61. The Kier molecular flexibility index (Phi) is 9.34. The van der Waals surface area contributed by atoms with Gasteiger partial charge < -0.3 is 15.8 Å². The highest BCUT2D eigenvalue weighted by atomic mass is 16.5. The molecule has 0 unspecified atom stereocenters. The number of benzene rings is 3. The molecular formula is C31H40N4O2. The van der Waals surface area contributed by atoms with Crippen LogP contribution in [-0.4, -0.2) is 30.4 Å². The summed E-state index contributed by atoms with van der Waals surface area (Å²) >= 11 is 0. The van der Waals surface area contributed by atoms with Crippen LogP contribution >= 0.6 is 0 Å². The lowest BCUT2D eigenvalue weighted by atomic mass is 9.87. The highest BCUT2D eigenvalue weighted by molar-refractivity contribution is 5.95. The summed E-state index contributed by atoms with van der Waals surface area (Å²) in [6.07, 6.45) is 2.18. The fraction of sp³-hybridized carbons (Fsp3) is 0.355. The Morgan fingerprint density at radius 2 is 1.59 bits per heavy atom. The number of nitrogens with two attached hydrogens (primary N) is 1. The topological polar surface area (TPSA) is 91.4 Å². The van der Waals surface area contributed by atoms with Gasteiger partial charge in [-0.1, -0.05) is 75.4 Å². The Labute approximate surface area is 221 Å². The van der Waals surface area contributed by atoms with Crippen LogP contribution in [0, 0.1) is 5.41 Å². The molecule has 3 aromatic carbocycles. The first-order valence-corrected chi connectivity index (χ1v) is 12.9. The van der Waals surface area contributed by atoms with Crippen molar-refractivity contribution in [1.29, 1.82) is 5.41 Å². The van der Waals surface area contributed by atoms with Crippen molar-refractivity contribution in [3.05, 3.63) is 83.4 Å². The molecule has 0 heterocycles. The summed E-state index contributed by atoms with van der Waals surface area (Å²) in [5, 5.41) is 11.4. The third kappa shape index (κ3) is 7.59. The molecule has 0 bridgehead atoms. The SMILES string of the molecule is CCN(C(=N)CCCc1ccc(-c2ccc(OC)c(N)c2)cc1)C(=O)NCc1ccc(C(C)(C)C)cc1. The largest absolute Gasteiger partial charge is 0.495 e. The highest BCUT2D eigenvalue weighted by Crippen LogP contribution is 2.28. The molecule has 0 aliphatic heterocycles. The minimum atomic E-state index is -0.226. The number of methoxy groups -OCH3 is 1. The van der Waals surface area contributed by atoms with Crippen molar-refractivity contribution in [3.8, 4) is 16.9 Å². The van der Waals surface area contributed by atoms with Crippen LogP contribution in [0.2, 0.25) is 0 Å². The van der Waals surface area contributed by atoms with Gasteiger partial charge in [0.2, 0.25) is 0 Å². The van der Waals surface area contributed by atoms with Crippen LogP contribution in [0.1, 0.15) is 57.2 Å². The molecule has 0 radical (unpaired) electrons. The standard InChI is InChI=1S/C31H40N4O2/c1-6-35(30(36)34-21-23-12-17-26(18-13-23)31(2,3)4)29(33)9-7-8-22-10-14-24(15-11-22)25-16-19-28(37-5)27(32)20-25/h10-20,33H,6-9,21,32H2,1-5H3,(H,34,36). The molecule has 37 heavy (non-hydrogen) atoms. The lowest BCUT2D eigenvalue weighted by Gasteiger charge is -2.22. The van der Waals surface area contributed by atoms with E-state index in [-0.39, 0.29) is 11.4 Å². The van der Waals surface area contributed by atoms with Gasteiger partial charge in [0.1, 0.15) is 11.6 Å². The lowest BCUT2D eigenvalue weighted by Crippen LogP contribution is -2.43. The number of amidine groups is 1. The zero-order chi connectivity index (χ0) is 27.0. The van der Waals surface area contributed by atoms with Crippen LogP contribution < -0.4 is 15.8 Å². The van der Waals surface area contributed by atoms with Gasteiger partial charge in [-0.05, 0) is 65.1 Å². The van der Waals surface area contributed by atoms with Crippen LogP contribution in [-0.2, 0) is 18.4 Å². The molecule has 0 atom stereocenters. The molecule has 196 valence electrons. The second-order valence-electron chi connectivity index (χ2n) is 10.3. The van der Waals surface area contributed by atoms with Gasteiger partial charge in [-0.15, -0.1) is 0 Å². The maximum Gasteiger partial charge on any atom is 0.323 e. The highest BCUT2D eigenvalue weighted by Gasteiger charge is 2.17. The normalized spacial score (nSPS) is 11.2. The molecule has 6 heteroatoms. The van der Waals surface area contributed by atoms with Crippen molar-refractivity contribution in [2.75, 3.05) is 19.4 Å². The number of nitrogen functional groups attached to an aromatic ring is 1. The third-order valence-corrected chi connectivity index (χ3v) is 6.55. The molecule has 0 saturated heterocycles. The molecule has 0 aliphatic rings. The Bertz CT molecular complexity index is 1200. The number of rotatable bonds is 9. The third-order valence-electron chi connectivity index (χ3n) is 6.55. The molecule has 2 amide bonds. The molecule has 0 fully saturated rings. The smallest absolute Gasteiger partial charge is 0.323 e. The van der Waals surface area contributed by atoms with Crippen molar-refractivity contribution in [2.45, 2.75) is 58.9 Å². The number of aryl methyl sites for hydroxylation is 1. The molecule has 3 aromatic rings. The molecule has 6 nitrogen and oxygen atoms in total. The van der Waals surface area contributed by atoms with Gasteiger partial charge >= 0.3 is 6.03 Å². The molecule has 0 aromatic heterocycles. The van der Waals surface area contributed by atoms with Gasteiger partial charge in [0.25, 0.3) is 0 Å². The number of ether oxygens (including phenoxy) is 1. The van der Waals surface area contributed by atoms with Crippen molar-refractivity contribution in [2.24, 2.45) is 0 Å². The number of anilines is 1. The van der Waals surface area contributed by atoms with E-state index in [9.17, 15) is 4.79 Å². The van der Waals surface area contributed by atoms with Crippen LogP contribution in [0.4, 0.5) is 10.5 Å². The van der Waals surface area contributed by atoms with Crippen LogP contribution in [0.5, 0.6) is 5.75 Å². The predicted octanol–water partition coefficient (Wildman–Crippen LogP) is 6.77. The Morgan fingerprint density at radius 1 is 0.973 bits per heavy atom. The van der Waals surface area contributed by atoms with Gasteiger partial charge in [-0.2, -0.15) is 0 Å². The van der Waals surface area contributed by atoms with Crippen molar-refractivity contribution in [3.63, 3.8) is 0 Å². The summed E-state index contributed by atoms with van der Waals surface area (Å²) in [6.45, 7) is 9.36. The average Bonchev–Trinajstić information content (AvgIpc) is 2.88. The fourth-order valence-corrected chi connectivity index (χ4v) is 4.23. The van der Waals surface area contributed by atoms with Crippen LogP contribution in [0.25, 0.3) is 11.1 Å². The number of carbonyl (C=O) groups excluding carboxylic acids is 1. The molecule has 4 N–H and O–H groups in total. The molecule has 0 aliphatic carbocycles. The van der Waals surface area contributed by atoms with Gasteiger partial charge in [0.15, 0.2) is 0 Å². The van der Waals surface area contributed by atoms with E-state index < -0.39 is 0 Å². The van der Waals surface area contributed by atoms with Gasteiger partial charge in [-0.25, -0.2) is 4.79 Å². The van der Waals surface area contributed by atoms with E-state index in [0.717, 1.165) is 29.5 Å². The van der Waals surface area contributed by atoms with Crippen molar-refractivity contribution in [1.82, 2.24) is 10.2 Å². The Morgan fingerprint density at radius 3 is 2.16 bits per heavy atom. The number of urea groups is 1. The number of nitrogens with zero attached hydrogens (tertiary/aromatic N) is 1. The molecular weight excluding hydrogens is 460 g/mol. The summed E-state index contributed by atoms with van der Waals surface area (Å²) in [6, 6.07) is 22.3. The fourth-order valence-electron chi connectivity index (χ4n) is 4.23. The first-order valence-electron chi connectivity index (χ1n) is 12.9. The second kappa shape index (κ2) is 12.4. The summed E-state index contributed by atoms with van der Waals surface area (Å²) in [5.41, 5.74) is 12.4.